The van der Waals surface area contributed by atoms with Crippen molar-refractivity contribution in [1.82, 2.24) is 10.6 Å². The van der Waals surface area contributed by atoms with E-state index < -0.39 is 5.97 Å². The van der Waals surface area contributed by atoms with Gasteiger partial charge in [-0.2, -0.15) is 0 Å². The van der Waals surface area contributed by atoms with Crippen LogP contribution >= 0.6 is 0 Å². The van der Waals surface area contributed by atoms with E-state index in [0.29, 0.717) is 30.9 Å². The molecule has 0 aliphatic carbocycles. The van der Waals surface area contributed by atoms with Crippen LogP contribution in [0.15, 0.2) is 36.4 Å². The third kappa shape index (κ3) is 6.09. The Morgan fingerprint density at radius 3 is 2.32 bits per heavy atom. The van der Waals surface area contributed by atoms with Crippen LogP contribution < -0.4 is 15.4 Å². The molecule has 2 N–H and O–H groups in total. The SMILES string of the molecule is CCNC(=O)c1cccc(CNCc2cc(C)c(OCC(=O)OC)c(C)c2)c1. The van der Waals surface area contributed by atoms with Crippen LogP contribution in [0.4, 0.5) is 0 Å². The van der Waals surface area contributed by atoms with E-state index >= 15 is 0 Å². The fourth-order valence-electron chi connectivity index (χ4n) is 3.00. The topological polar surface area (TPSA) is 76.7 Å². The fourth-order valence-corrected chi connectivity index (χ4v) is 3.00. The van der Waals surface area contributed by atoms with Crippen molar-refractivity contribution in [3.63, 3.8) is 0 Å². The summed E-state index contributed by atoms with van der Waals surface area (Å²) in [5.41, 5.74) is 4.79. The molecule has 2 aromatic carbocycles. The summed E-state index contributed by atoms with van der Waals surface area (Å²) in [6.07, 6.45) is 0. The molecule has 0 aliphatic heterocycles. The van der Waals surface area contributed by atoms with E-state index in [1.165, 1.54) is 7.11 Å². The summed E-state index contributed by atoms with van der Waals surface area (Å²) < 4.78 is 10.2. The third-order valence-corrected chi connectivity index (χ3v) is 4.27. The average Bonchev–Trinajstić information content (AvgIpc) is 2.67. The van der Waals surface area contributed by atoms with Gasteiger partial charge < -0.3 is 20.1 Å². The molecule has 0 radical (unpaired) electrons. The maximum Gasteiger partial charge on any atom is 0.343 e. The first-order chi connectivity index (χ1) is 13.4. The van der Waals surface area contributed by atoms with Crippen molar-refractivity contribution in [3.05, 3.63) is 64.2 Å². The third-order valence-electron chi connectivity index (χ3n) is 4.27. The van der Waals surface area contributed by atoms with Gasteiger partial charge in [0.25, 0.3) is 5.91 Å². The summed E-state index contributed by atoms with van der Waals surface area (Å²) in [6.45, 7) is 7.67. The number of nitrogens with one attached hydrogen (secondary N) is 2. The number of methoxy groups -OCH3 is 1. The zero-order valence-electron chi connectivity index (χ0n) is 16.9. The first kappa shape index (κ1) is 21.4. The van der Waals surface area contributed by atoms with Gasteiger partial charge in [0.05, 0.1) is 7.11 Å². The van der Waals surface area contributed by atoms with Crippen LogP contribution in [0.1, 0.15) is 39.5 Å². The van der Waals surface area contributed by atoms with E-state index in [1.807, 2.05) is 57.2 Å². The lowest BCUT2D eigenvalue weighted by Crippen LogP contribution is -2.23. The Hall–Kier alpha value is -2.86. The molecule has 0 spiro atoms. The van der Waals surface area contributed by atoms with Gasteiger partial charge in [0.1, 0.15) is 5.75 Å². The van der Waals surface area contributed by atoms with Gasteiger partial charge in [-0.25, -0.2) is 4.79 Å². The molecule has 2 aromatic rings. The van der Waals surface area contributed by atoms with Crippen molar-refractivity contribution >= 4 is 11.9 Å². The quantitative estimate of drug-likeness (QED) is 0.650. The summed E-state index contributed by atoms with van der Waals surface area (Å²) in [5.74, 6) is 0.251. The first-order valence-corrected chi connectivity index (χ1v) is 9.32. The highest BCUT2D eigenvalue weighted by molar-refractivity contribution is 5.94. The Labute approximate surface area is 166 Å². The molecule has 0 saturated heterocycles. The molecule has 1 amide bonds. The number of ether oxygens (including phenoxy) is 2. The van der Waals surface area contributed by atoms with Gasteiger partial charge in [0.2, 0.25) is 0 Å². The van der Waals surface area contributed by atoms with E-state index in [0.717, 1.165) is 22.3 Å². The van der Waals surface area contributed by atoms with Gasteiger partial charge in [0.15, 0.2) is 6.61 Å². The molecule has 28 heavy (non-hydrogen) atoms. The lowest BCUT2D eigenvalue weighted by molar-refractivity contribution is -0.142. The number of carbonyl (C=O) groups excluding carboxylic acids is 2. The minimum absolute atomic E-state index is 0.0573. The zero-order valence-corrected chi connectivity index (χ0v) is 16.9. The molecule has 0 unspecified atom stereocenters. The zero-order chi connectivity index (χ0) is 20.5. The van der Waals surface area contributed by atoms with Crippen molar-refractivity contribution in [3.8, 4) is 5.75 Å². The maximum atomic E-state index is 11.9. The Bertz CT molecular complexity index is 810. The molecular formula is C22H28N2O4. The Balaban J connectivity index is 1.95. The average molecular weight is 384 g/mol. The maximum absolute atomic E-state index is 11.9. The molecular weight excluding hydrogens is 356 g/mol. The van der Waals surface area contributed by atoms with Crippen molar-refractivity contribution in [2.24, 2.45) is 0 Å². The minimum Gasteiger partial charge on any atom is -0.481 e. The Morgan fingerprint density at radius 1 is 1.00 bits per heavy atom. The number of aryl methyl sites for hydroxylation is 2. The number of carbonyl (C=O) groups is 2. The normalized spacial score (nSPS) is 10.4. The highest BCUT2D eigenvalue weighted by Crippen LogP contribution is 2.25. The molecule has 2 rings (SSSR count). The number of benzene rings is 2. The number of amides is 1. The largest absolute Gasteiger partial charge is 0.481 e. The molecule has 150 valence electrons. The van der Waals surface area contributed by atoms with Crippen molar-refractivity contribution in [2.75, 3.05) is 20.3 Å². The Kier molecular flexibility index (Phi) is 8.02. The van der Waals surface area contributed by atoms with Crippen LogP contribution in [-0.2, 0) is 22.6 Å². The number of esters is 1. The van der Waals surface area contributed by atoms with Crippen molar-refractivity contribution in [1.29, 1.82) is 0 Å². The molecule has 0 bridgehead atoms. The van der Waals surface area contributed by atoms with E-state index in [-0.39, 0.29) is 12.5 Å². The summed E-state index contributed by atoms with van der Waals surface area (Å²) in [6, 6.07) is 11.7. The minimum atomic E-state index is -0.403. The molecule has 0 aliphatic rings. The predicted molar refractivity (Wildman–Crippen MR) is 108 cm³/mol. The van der Waals surface area contributed by atoms with Gasteiger partial charge in [-0.15, -0.1) is 0 Å². The highest BCUT2D eigenvalue weighted by atomic mass is 16.6. The van der Waals surface area contributed by atoms with Gasteiger partial charge in [0, 0.05) is 25.2 Å². The van der Waals surface area contributed by atoms with E-state index in [2.05, 4.69) is 15.4 Å². The molecule has 0 aromatic heterocycles. The van der Waals surface area contributed by atoms with Crippen molar-refractivity contribution in [2.45, 2.75) is 33.9 Å². The molecule has 6 heteroatoms. The lowest BCUT2D eigenvalue weighted by Gasteiger charge is -2.14. The van der Waals surface area contributed by atoms with Crippen LogP contribution in [0.2, 0.25) is 0 Å². The smallest absolute Gasteiger partial charge is 0.343 e. The van der Waals surface area contributed by atoms with E-state index in [1.54, 1.807) is 0 Å². The summed E-state index contributed by atoms with van der Waals surface area (Å²) >= 11 is 0. The van der Waals surface area contributed by atoms with Crippen molar-refractivity contribution < 1.29 is 19.1 Å². The number of hydrogen-bond acceptors (Lipinski definition) is 5. The van der Waals surface area contributed by atoms with Crippen LogP contribution in [-0.4, -0.2) is 32.1 Å². The molecule has 0 fully saturated rings. The number of rotatable bonds is 9. The molecule has 0 atom stereocenters. The monoisotopic (exact) mass is 384 g/mol. The first-order valence-electron chi connectivity index (χ1n) is 9.32. The lowest BCUT2D eigenvalue weighted by atomic mass is 10.1. The van der Waals surface area contributed by atoms with Gasteiger partial charge in [-0.05, 0) is 55.2 Å². The standard InChI is InChI=1S/C22H28N2O4/c1-5-24-22(26)19-8-6-7-17(11-19)12-23-13-18-9-15(2)21(16(3)10-18)28-14-20(25)27-4/h6-11,23H,5,12-14H2,1-4H3,(H,24,26). The van der Waals surface area contributed by atoms with E-state index in [4.69, 9.17) is 4.74 Å². The second-order valence-electron chi connectivity index (χ2n) is 6.59. The summed E-state index contributed by atoms with van der Waals surface area (Å²) in [5, 5.41) is 6.21. The van der Waals surface area contributed by atoms with E-state index in [9.17, 15) is 9.59 Å². The summed E-state index contributed by atoms with van der Waals surface area (Å²) in [4.78, 5) is 23.2. The Morgan fingerprint density at radius 2 is 1.68 bits per heavy atom. The molecule has 6 nitrogen and oxygen atoms in total. The van der Waals surface area contributed by atoms with Gasteiger partial charge in [-0.1, -0.05) is 24.3 Å². The molecule has 0 heterocycles. The van der Waals surface area contributed by atoms with Crippen LogP contribution in [0.3, 0.4) is 0 Å². The van der Waals surface area contributed by atoms with Crippen LogP contribution in [0.5, 0.6) is 5.75 Å². The second-order valence-corrected chi connectivity index (χ2v) is 6.59. The number of hydrogen-bond donors (Lipinski definition) is 2. The summed E-state index contributed by atoms with van der Waals surface area (Å²) in [7, 11) is 1.34. The van der Waals surface area contributed by atoms with Crippen LogP contribution in [0, 0.1) is 13.8 Å². The van der Waals surface area contributed by atoms with Crippen LogP contribution in [0.25, 0.3) is 0 Å². The highest BCUT2D eigenvalue weighted by Gasteiger charge is 2.10. The predicted octanol–water partition coefficient (Wildman–Crippen LogP) is 2.89. The van der Waals surface area contributed by atoms with Gasteiger partial charge >= 0.3 is 5.97 Å². The molecule has 0 saturated carbocycles. The fraction of sp³-hybridized carbons (Fsp3) is 0.364. The second kappa shape index (κ2) is 10.5. The van der Waals surface area contributed by atoms with Gasteiger partial charge in [-0.3, -0.25) is 4.79 Å².